The molecule has 0 radical (unpaired) electrons. The van der Waals surface area contributed by atoms with Crippen molar-refractivity contribution in [2.75, 3.05) is 18.6 Å². The molecule has 0 aliphatic heterocycles. The zero-order chi connectivity index (χ0) is 14.3. The van der Waals surface area contributed by atoms with Gasteiger partial charge in [-0.25, -0.2) is 4.79 Å². The molecule has 1 aromatic carbocycles. The van der Waals surface area contributed by atoms with Crippen molar-refractivity contribution in [3.63, 3.8) is 0 Å². The van der Waals surface area contributed by atoms with Gasteiger partial charge in [-0.3, -0.25) is 0 Å². The third-order valence-electron chi connectivity index (χ3n) is 3.01. The number of nitrogens with two attached hydrogens (primary N) is 1. The molecule has 0 saturated heterocycles. The first-order valence-corrected chi connectivity index (χ1v) is 7.66. The standard InChI is InChI=1S/C15H23NO2S/c1-12(2)9-10-19-11-15(16,14(17)18-3)13-7-5-4-6-8-13/h4-8,12H,9-11,16H2,1-3H3. The van der Waals surface area contributed by atoms with Crippen LogP contribution >= 0.6 is 11.8 Å². The average Bonchev–Trinajstić information content (AvgIpc) is 2.43. The minimum absolute atomic E-state index is 0.379. The molecule has 0 heterocycles. The third kappa shape index (κ3) is 4.55. The molecule has 19 heavy (non-hydrogen) atoms. The molecule has 0 saturated carbocycles. The Balaban J connectivity index is 2.74. The van der Waals surface area contributed by atoms with Gasteiger partial charge in [-0.2, -0.15) is 11.8 Å². The van der Waals surface area contributed by atoms with Crippen LogP contribution in [0.15, 0.2) is 30.3 Å². The molecule has 4 heteroatoms. The predicted molar refractivity (Wildman–Crippen MR) is 81.1 cm³/mol. The smallest absolute Gasteiger partial charge is 0.331 e. The quantitative estimate of drug-likeness (QED) is 0.617. The summed E-state index contributed by atoms with van der Waals surface area (Å²) in [6, 6.07) is 9.43. The van der Waals surface area contributed by atoms with Gasteiger partial charge in [0.1, 0.15) is 5.54 Å². The minimum atomic E-state index is -1.06. The molecular formula is C15H23NO2S. The molecule has 0 aliphatic rings. The van der Waals surface area contributed by atoms with Crippen molar-refractivity contribution in [3.8, 4) is 0 Å². The summed E-state index contributed by atoms with van der Waals surface area (Å²) in [5, 5.41) is 0. The average molecular weight is 281 g/mol. The fourth-order valence-electron chi connectivity index (χ4n) is 1.73. The van der Waals surface area contributed by atoms with Crippen molar-refractivity contribution in [1.29, 1.82) is 0 Å². The second-order valence-electron chi connectivity index (χ2n) is 5.06. The molecular weight excluding hydrogens is 258 g/mol. The van der Waals surface area contributed by atoms with Gasteiger partial charge < -0.3 is 10.5 Å². The zero-order valence-corrected chi connectivity index (χ0v) is 12.7. The van der Waals surface area contributed by atoms with Crippen LogP contribution in [0, 0.1) is 5.92 Å². The number of ether oxygens (including phenoxy) is 1. The largest absolute Gasteiger partial charge is 0.467 e. The van der Waals surface area contributed by atoms with E-state index in [1.54, 1.807) is 11.8 Å². The molecule has 0 bridgehead atoms. The maximum Gasteiger partial charge on any atom is 0.331 e. The highest BCUT2D eigenvalue weighted by atomic mass is 32.2. The number of methoxy groups -OCH3 is 1. The number of hydrogen-bond acceptors (Lipinski definition) is 4. The first kappa shape index (κ1) is 16.1. The lowest BCUT2D eigenvalue weighted by molar-refractivity contribution is -0.146. The maximum atomic E-state index is 12.0. The van der Waals surface area contributed by atoms with Crippen molar-refractivity contribution in [3.05, 3.63) is 35.9 Å². The van der Waals surface area contributed by atoms with Gasteiger partial charge >= 0.3 is 5.97 Å². The second-order valence-corrected chi connectivity index (χ2v) is 6.17. The van der Waals surface area contributed by atoms with E-state index in [2.05, 4.69) is 13.8 Å². The first-order chi connectivity index (χ1) is 9.00. The lowest BCUT2D eigenvalue weighted by atomic mass is 9.93. The van der Waals surface area contributed by atoms with Crippen molar-refractivity contribution < 1.29 is 9.53 Å². The van der Waals surface area contributed by atoms with Gasteiger partial charge in [-0.05, 0) is 23.7 Å². The van der Waals surface area contributed by atoms with Crippen LogP contribution in [-0.2, 0) is 15.1 Å². The molecule has 3 nitrogen and oxygen atoms in total. The van der Waals surface area contributed by atoms with Crippen LogP contribution < -0.4 is 5.73 Å². The Bertz CT molecular complexity index is 394. The lowest BCUT2D eigenvalue weighted by Crippen LogP contribution is -2.48. The lowest BCUT2D eigenvalue weighted by Gasteiger charge is -2.26. The van der Waals surface area contributed by atoms with Gasteiger partial charge in [0.2, 0.25) is 0 Å². The highest BCUT2D eigenvalue weighted by Gasteiger charge is 2.36. The van der Waals surface area contributed by atoms with Gasteiger partial charge in [0.05, 0.1) is 7.11 Å². The third-order valence-corrected chi connectivity index (χ3v) is 4.19. The van der Waals surface area contributed by atoms with Crippen molar-refractivity contribution in [1.82, 2.24) is 0 Å². The van der Waals surface area contributed by atoms with Crippen LogP contribution in [-0.4, -0.2) is 24.6 Å². The molecule has 1 unspecified atom stereocenters. The van der Waals surface area contributed by atoms with Crippen molar-refractivity contribution >= 4 is 17.7 Å². The minimum Gasteiger partial charge on any atom is -0.467 e. The van der Waals surface area contributed by atoms with Crippen molar-refractivity contribution in [2.45, 2.75) is 25.8 Å². The molecule has 0 fully saturated rings. The summed E-state index contributed by atoms with van der Waals surface area (Å²) in [4.78, 5) is 12.0. The van der Waals surface area contributed by atoms with Crippen LogP contribution in [0.1, 0.15) is 25.8 Å². The molecule has 1 aromatic rings. The first-order valence-electron chi connectivity index (χ1n) is 6.51. The van der Waals surface area contributed by atoms with Crippen LogP contribution in [0.4, 0.5) is 0 Å². The summed E-state index contributed by atoms with van der Waals surface area (Å²) in [6.07, 6.45) is 1.12. The van der Waals surface area contributed by atoms with E-state index in [4.69, 9.17) is 10.5 Å². The Morgan fingerprint density at radius 2 is 2.00 bits per heavy atom. The number of rotatable bonds is 7. The fourth-order valence-corrected chi connectivity index (χ4v) is 3.12. The van der Waals surface area contributed by atoms with Crippen LogP contribution in [0.5, 0.6) is 0 Å². The van der Waals surface area contributed by atoms with E-state index in [1.807, 2.05) is 30.3 Å². The maximum absolute atomic E-state index is 12.0. The van der Waals surface area contributed by atoms with E-state index in [1.165, 1.54) is 7.11 Å². The van der Waals surface area contributed by atoms with Gasteiger partial charge in [-0.1, -0.05) is 44.2 Å². The Kier molecular flexibility index (Phi) is 6.38. The summed E-state index contributed by atoms with van der Waals surface area (Å²) >= 11 is 1.70. The fraction of sp³-hybridized carbons (Fsp3) is 0.533. The summed E-state index contributed by atoms with van der Waals surface area (Å²) in [5.41, 5.74) is 6.04. The van der Waals surface area contributed by atoms with Crippen LogP contribution in [0.2, 0.25) is 0 Å². The second kappa shape index (κ2) is 7.56. The van der Waals surface area contributed by atoms with E-state index in [0.29, 0.717) is 11.7 Å². The number of carbonyl (C=O) groups is 1. The number of hydrogen-bond donors (Lipinski definition) is 1. The number of esters is 1. The topological polar surface area (TPSA) is 52.3 Å². The molecule has 0 spiro atoms. The molecule has 106 valence electrons. The number of thioether (sulfide) groups is 1. The summed E-state index contributed by atoms with van der Waals surface area (Å²) in [5.74, 6) is 1.82. The molecule has 1 atom stereocenters. The predicted octanol–water partition coefficient (Wildman–Crippen LogP) is 2.79. The molecule has 0 amide bonds. The molecule has 2 N–H and O–H groups in total. The Labute approximate surface area is 119 Å². The van der Waals surface area contributed by atoms with E-state index in [9.17, 15) is 4.79 Å². The van der Waals surface area contributed by atoms with E-state index in [0.717, 1.165) is 17.7 Å². The molecule has 0 aromatic heterocycles. The highest BCUT2D eigenvalue weighted by Crippen LogP contribution is 2.25. The Morgan fingerprint density at radius 3 is 2.53 bits per heavy atom. The zero-order valence-electron chi connectivity index (χ0n) is 11.9. The Morgan fingerprint density at radius 1 is 1.37 bits per heavy atom. The van der Waals surface area contributed by atoms with Crippen molar-refractivity contribution in [2.24, 2.45) is 11.7 Å². The van der Waals surface area contributed by atoms with Gasteiger partial charge in [0.15, 0.2) is 0 Å². The summed E-state index contributed by atoms with van der Waals surface area (Å²) < 4.78 is 4.87. The van der Waals surface area contributed by atoms with Gasteiger partial charge in [0.25, 0.3) is 0 Å². The van der Waals surface area contributed by atoms with E-state index < -0.39 is 5.54 Å². The summed E-state index contributed by atoms with van der Waals surface area (Å²) in [7, 11) is 1.38. The number of carbonyl (C=O) groups excluding carboxylic acids is 1. The molecule has 0 aliphatic carbocycles. The van der Waals surface area contributed by atoms with Crippen LogP contribution in [0.25, 0.3) is 0 Å². The highest BCUT2D eigenvalue weighted by molar-refractivity contribution is 7.99. The number of benzene rings is 1. The SMILES string of the molecule is COC(=O)C(N)(CSCCC(C)C)c1ccccc1. The van der Waals surface area contributed by atoms with Gasteiger partial charge in [0, 0.05) is 5.75 Å². The van der Waals surface area contributed by atoms with E-state index >= 15 is 0 Å². The van der Waals surface area contributed by atoms with Crippen LogP contribution in [0.3, 0.4) is 0 Å². The summed E-state index contributed by atoms with van der Waals surface area (Å²) in [6.45, 7) is 4.38. The normalized spacial score (nSPS) is 14.2. The van der Waals surface area contributed by atoms with Gasteiger partial charge in [-0.15, -0.1) is 0 Å². The Hall–Kier alpha value is -1.00. The van der Waals surface area contributed by atoms with E-state index in [-0.39, 0.29) is 5.97 Å². The molecule has 1 rings (SSSR count). The monoisotopic (exact) mass is 281 g/mol.